The van der Waals surface area contributed by atoms with Crippen LogP contribution in [0.1, 0.15) is 45.5 Å². The van der Waals surface area contributed by atoms with E-state index in [-0.39, 0.29) is 84.3 Å². The van der Waals surface area contributed by atoms with Crippen LogP contribution < -0.4 is 15.8 Å². The third-order valence-electron chi connectivity index (χ3n) is 9.79. The van der Waals surface area contributed by atoms with Gasteiger partial charge in [-0.2, -0.15) is 22.7 Å². The molecular formula is C36H36ClF3N10O4. The van der Waals surface area contributed by atoms with Crippen LogP contribution in [0, 0.1) is 6.92 Å². The summed E-state index contributed by atoms with van der Waals surface area (Å²) in [5, 5.41) is 17.4. The van der Waals surface area contributed by atoms with E-state index in [0.717, 1.165) is 47.8 Å². The first-order valence-corrected chi connectivity index (χ1v) is 17.7. The molecule has 7 rings (SSSR count). The van der Waals surface area contributed by atoms with E-state index < -0.39 is 29.1 Å². The fourth-order valence-electron chi connectivity index (χ4n) is 6.92. The summed E-state index contributed by atoms with van der Waals surface area (Å²) in [6.07, 6.45) is -2.22. The van der Waals surface area contributed by atoms with E-state index in [1.54, 1.807) is 11.5 Å². The van der Waals surface area contributed by atoms with Crippen LogP contribution in [0.25, 0.3) is 17.2 Å². The molecule has 18 heteroatoms. The van der Waals surface area contributed by atoms with E-state index in [1.165, 1.54) is 16.8 Å². The van der Waals surface area contributed by atoms with Crippen LogP contribution >= 0.6 is 11.6 Å². The molecule has 0 unspecified atom stereocenters. The molecule has 0 atom stereocenters. The number of aromatic nitrogens is 6. The number of nitrogens with one attached hydrogen (secondary N) is 1. The van der Waals surface area contributed by atoms with Gasteiger partial charge in [0.15, 0.2) is 17.3 Å². The van der Waals surface area contributed by atoms with Gasteiger partial charge in [0.2, 0.25) is 11.7 Å². The van der Waals surface area contributed by atoms with E-state index in [9.17, 15) is 32.7 Å². The summed E-state index contributed by atoms with van der Waals surface area (Å²) in [6.45, 7) is 5.55. The maximum atomic E-state index is 14.4. The Morgan fingerprint density at radius 3 is 2.48 bits per heavy atom. The minimum atomic E-state index is -4.62. The Hall–Kier alpha value is -5.55. The van der Waals surface area contributed by atoms with Crippen molar-refractivity contribution in [3.05, 3.63) is 91.9 Å². The standard InChI is InChI=1S/C36H36ClF3N10O4/c1-4-27-30(47-11-13-48(14-12-47)33(53)29-31(52)20(2)41-19-42-29)34(54)50-35(44-32(45-50)22-6-5-21-9-10-46(3)17-23(21)15-22)49(27)18-28(51)43-26-8-7-24(16-25(26)37)36(38,39)40/h5-8,15-16,19,52H,4,9-14,17-18H2,1-3H3,(H,43,51). The second-order valence-electron chi connectivity index (χ2n) is 13.3. The molecule has 2 aliphatic rings. The molecule has 2 amide bonds. The second kappa shape index (κ2) is 14.4. The van der Waals surface area contributed by atoms with Gasteiger partial charge in [0.1, 0.15) is 18.6 Å². The molecule has 0 bridgehead atoms. The first kappa shape index (κ1) is 36.8. The van der Waals surface area contributed by atoms with Crippen LogP contribution in [0.2, 0.25) is 5.02 Å². The summed E-state index contributed by atoms with van der Waals surface area (Å²) < 4.78 is 42.5. The number of benzene rings is 2. The number of rotatable bonds is 7. The predicted molar refractivity (Wildman–Crippen MR) is 194 cm³/mol. The highest BCUT2D eigenvalue weighted by Crippen LogP contribution is 2.34. The number of fused-ring (bicyclic) bond motifs is 2. The van der Waals surface area contributed by atoms with Gasteiger partial charge in [0.25, 0.3) is 11.5 Å². The predicted octanol–water partition coefficient (Wildman–Crippen LogP) is 4.19. The van der Waals surface area contributed by atoms with E-state index in [0.29, 0.717) is 11.3 Å². The van der Waals surface area contributed by atoms with Crippen molar-refractivity contribution in [2.75, 3.05) is 50.0 Å². The van der Waals surface area contributed by atoms with Gasteiger partial charge in [-0.15, -0.1) is 5.10 Å². The van der Waals surface area contributed by atoms with Crippen LogP contribution in [0.15, 0.2) is 47.5 Å². The molecule has 1 saturated heterocycles. The highest BCUT2D eigenvalue weighted by Gasteiger charge is 2.32. The zero-order valence-corrected chi connectivity index (χ0v) is 30.4. The first-order valence-electron chi connectivity index (χ1n) is 17.3. The smallest absolute Gasteiger partial charge is 0.416 e. The molecule has 2 N–H and O–H groups in total. The SMILES string of the molecule is CCc1c(N2CCN(C(=O)c3ncnc(C)c3O)CC2)c(=O)n2nc(-c3ccc4c(c3)CN(C)CC4)nc2n1CC(=O)Nc1ccc(C(F)(F)F)cc1Cl. The molecule has 0 radical (unpaired) electrons. The van der Waals surface area contributed by atoms with Crippen molar-refractivity contribution in [2.24, 2.45) is 0 Å². The van der Waals surface area contributed by atoms with Gasteiger partial charge in [-0.05, 0) is 62.2 Å². The van der Waals surface area contributed by atoms with Crippen molar-refractivity contribution in [1.82, 2.24) is 38.9 Å². The summed E-state index contributed by atoms with van der Waals surface area (Å²) in [7, 11) is 2.04. The summed E-state index contributed by atoms with van der Waals surface area (Å²) >= 11 is 6.16. The van der Waals surface area contributed by atoms with Crippen molar-refractivity contribution in [1.29, 1.82) is 0 Å². The molecule has 2 aliphatic heterocycles. The maximum absolute atomic E-state index is 14.4. The van der Waals surface area contributed by atoms with E-state index in [4.69, 9.17) is 16.6 Å². The monoisotopic (exact) mass is 764 g/mol. The van der Waals surface area contributed by atoms with Crippen LogP contribution in [-0.2, 0) is 36.9 Å². The van der Waals surface area contributed by atoms with E-state index in [1.807, 2.05) is 37.1 Å². The Labute approximate surface area is 311 Å². The second-order valence-corrected chi connectivity index (χ2v) is 13.7. The maximum Gasteiger partial charge on any atom is 0.416 e. The highest BCUT2D eigenvalue weighted by atomic mass is 35.5. The minimum absolute atomic E-state index is 0.0168. The molecule has 5 heterocycles. The van der Waals surface area contributed by atoms with Crippen LogP contribution in [0.5, 0.6) is 5.75 Å². The Morgan fingerprint density at radius 2 is 1.78 bits per heavy atom. The summed E-state index contributed by atoms with van der Waals surface area (Å²) in [4.78, 5) is 59.5. The fraction of sp³-hybridized carbons (Fsp3) is 0.361. The number of likely N-dealkylation sites (N-methyl/N-ethyl adjacent to an activating group) is 1. The zero-order chi connectivity index (χ0) is 38.5. The molecular weight excluding hydrogens is 729 g/mol. The van der Waals surface area contributed by atoms with Crippen molar-refractivity contribution >= 4 is 40.6 Å². The molecule has 3 aromatic heterocycles. The number of aryl methyl sites for hydroxylation is 1. The van der Waals surface area contributed by atoms with Gasteiger partial charge in [0, 0.05) is 44.8 Å². The molecule has 14 nitrogen and oxygen atoms in total. The molecule has 0 spiro atoms. The number of hydrogen-bond acceptors (Lipinski definition) is 10. The number of alkyl halides is 3. The Bertz CT molecular complexity index is 2350. The van der Waals surface area contributed by atoms with Crippen LogP contribution in [-0.4, -0.2) is 95.6 Å². The molecule has 2 aromatic carbocycles. The number of amides is 2. The van der Waals surface area contributed by atoms with E-state index >= 15 is 0 Å². The number of aromatic hydroxyl groups is 1. The van der Waals surface area contributed by atoms with Gasteiger partial charge >= 0.3 is 6.18 Å². The number of carbonyl (C=O) groups is 2. The lowest BCUT2D eigenvalue weighted by Gasteiger charge is -2.36. The molecule has 1 fully saturated rings. The number of carbonyl (C=O) groups excluding carboxylic acids is 2. The largest absolute Gasteiger partial charge is 0.504 e. The van der Waals surface area contributed by atoms with E-state index in [2.05, 4.69) is 25.3 Å². The Morgan fingerprint density at radius 1 is 1.02 bits per heavy atom. The van der Waals surface area contributed by atoms with Crippen LogP contribution in [0.3, 0.4) is 0 Å². The van der Waals surface area contributed by atoms with Crippen molar-refractivity contribution in [2.45, 2.75) is 46.0 Å². The highest BCUT2D eigenvalue weighted by molar-refractivity contribution is 6.33. The van der Waals surface area contributed by atoms with Crippen LogP contribution in [0.4, 0.5) is 24.5 Å². The molecule has 54 heavy (non-hydrogen) atoms. The number of piperazine rings is 1. The van der Waals surface area contributed by atoms with Crippen molar-refractivity contribution in [3.8, 4) is 17.1 Å². The normalized spacial score (nSPS) is 15.1. The van der Waals surface area contributed by atoms with Gasteiger partial charge in [-0.1, -0.05) is 30.7 Å². The molecule has 5 aromatic rings. The Balaban J connectivity index is 1.26. The third kappa shape index (κ3) is 6.96. The summed E-state index contributed by atoms with van der Waals surface area (Å²) in [6, 6.07) is 8.59. The quantitative estimate of drug-likeness (QED) is 0.247. The minimum Gasteiger partial charge on any atom is -0.504 e. The fourth-order valence-corrected chi connectivity index (χ4v) is 7.15. The van der Waals surface area contributed by atoms with Gasteiger partial charge in [-0.3, -0.25) is 14.4 Å². The topological polar surface area (TPSA) is 154 Å². The molecule has 282 valence electrons. The third-order valence-corrected chi connectivity index (χ3v) is 10.1. The number of nitrogens with zero attached hydrogens (tertiary/aromatic N) is 9. The number of anilines is 2. The Kier molecular flexibility index (Phi) is 9.78. The van der Waals surface area contributed by atoms with Crippen molar-refractivity contribution < 1.29 is 27.9 Å². The van der Waals surface area contributed by atoms with Gasteiger partial charge in [-0.25, -0.2) is 9.97 Å². The summed E-state index contributed by atoms with van der Waals surface area (Å²) in [5.41, 5.74) is 2.48. The van der Waals surface area contributed by atoms with Crippen molar-refractivity contribution in [3.63, 3.8) is 0 Å². The van der Waals surface area contributed by atoms with Gasteiger partial charge in [0.05, 0.1) is 27.7 Å². The van der Waals surface area contributed by atoms with Gasteiger partial charge < -0.3 is 29.7 Å². The average molecular weight is 765 g/mol. The number of hydrogen-bond donors (Lipinski definition) is 2. The average Bonchev–Trinajstić information content (AvgIpc) is 3.60. The molecule has 0 saturated carbocycles. The number of halogens is 4. The zero-order valence-electron chi connectivity index (χ0n) is 29.6. The molecule has 0 aliphatic carbocycles. The first-order chi connectivity index (χ1) is 25.7. The summed E-state index contributed by atoms with van der Waals surface area (Å²) in [5.74, 6) is -1.02. The lowest BCUT2D eigenvalue weighted by atomic mass is 9.97. The lowest BCUT2D eigenvalue weighted by Crippen LogP contribution is -2.51. The lowest BCUT2D eigenvalue weighted by molar-refractivity contribution is -0.137.